The molecule has 4 aromatic rings. The second-order valence-electron chi connectivity index (χ2n) is 7.31. The van der Waals surface area contributed by atoms with Crippen LogP contribution in [0.3, 0.4) is 0 Å². The molecule has 3 aromatic heterocycles. The standard InChI is InChI=1S/C22H21N5OS2/c28-20-18-14-26(12-8-16-4-2-1-3-5-16)13-9-19(18)24-21-27(20)25-22(30-21)29-15-17-6-10-23-11-7-17/h1-7,10-11H,8-9,12-15H2. The molecule has 0 fully saturated rings. The summed E-state index contributed by atoms with van der Waals surface area (Å²) < 4.78 is 2.35. The van der Waals surface area contributed by atoms with E-state index in [2.05, 4.69) is 39.2 Å². The first-order chi connectivity index (χ1) is 14.8. The molecule has 1 aromatic carbocycles. The van der Waals surface area contributed by atoms with Gasteiger partial charge in [0.15, 0.2) is 4.34 Å². The minimum Gasteiger partial charge on any atom is -0.298 e. The van der Waals surface area contributed by atoms with Crippen molar-refractivity contribution in [1.29, 1.82) is 0 Å². The maximum absolute atomic E-state index is 13.1. The number of hydrogen-bond donors (Lipinski definition) is 0. The number of thioether (sulfide) groups is 1. The third kappa shape index (κ3) is 4.16. The third-order valence-electron chi connectivity index (χ3n) is 5.29. The normalized spacial score (nSPS) is 14.1. The van der Waals surface area contributed by atoms with Crippen LogP contribution < -0.4 is 5.56 Å². The van der Waals surface area contributed by atoms with Crippen LogP contribution in [0.2, 0.25) is 0 Å². The molecule has 4 heterocycles. The fraction of sp³-hybridized carbons (Fsp3) is 0.273. The highest BCUT2D eigenvalue weighted by atomic mass is 32.2. The lowest BCUT2D eigenvalue weighted by Crippen LogP contribution is -2.37. The van der Waals surface area contributed by atoms with Gasteiger partial charge >= 0.3 is 0 Å². The lowest BCUT2D eigenvalue weighted by atomic mass is 10.1. The average molecular weight is 436 g/mol. The van der Waals surface area contributed by atoms with Crippen molar-refractivity contribution in [2.75, 3.05) is 13.1 Å². The number of nitrogens with zero attached hydrogens (tertiary/aromatic N) is 5. The van der Waals surface area contributed by atoms with Crippen molar-refractivity contribution in [3.05, 3.63) is 87.6 Å². The van der Waals surface area contributed by atoms with Gasteiger partial charge in [-0.1, -0.05) is 53.4 Å². The molecule has 0 unspecified atom stereocenters. The van der Waals surface area contributed by atoms with Crippen LogP contribution in [0.1, 0.15) is 22.4 Å². The van der Waals surface area contributed by atoms with Gasteiger partial charge < -0.3 is 0 Å². The Labute approximate surface area is 182 Å². The van der Waals surface area contributed by atoms with Crippen LogP contribution in [0.5, 0.6) is 0 Å². The molecular formula is C22H21N5OS2. The molecular weight excluding hydrogens is 414 g/mol. The Bertz CT molecular complexity index is 1210. The summed E-state index contributed by atoms with van der Waals surface area (Å²) in [5, 5.41) is 4.54. The Hall–Kier alpha value is -2.55. The predicted molar refractivity (Wildman–Crippen MR) is 120 cm³/mol. The minimum absolute atomic E-state index is 0.0218. The molecule has 0 atom stereocenters. The Balaban J connectivity index is 1.32. The van der Waals surface area contributed by atoms with E-state index in [0.29, 0.717) is 11.5 Å². The zero-order valence-corrected chi connectivity index (χ0v) is 18.0. The Kier molecular flexibility index (Phi) is 5.61. The van der Waals surface area contributed by atoms with Gasteiger partial charge in [0.05, 0.1) is 11.3 Å². The van der Waals surface area contributed by atoms with Gasteiger partial charge in [-0.2, -0.15) is 4.52 Å². The van der Waals surface area contributed by atoms with Crippen molar-refractivity contribution >= 4 is 28.1 Å². The van der Waals surface area contributed by atoms with Gasteiger partial charge in [-0.15, -0.1) is 5.10 Å². The fourth-order valence-electron chi connectivity index (χ4n) is 3.64. The van der Waals surface area contributed by atoms with Crippen molar-refractivity contribution in [3.63, 3.8) is 0 Å². The summed E-state index contributed by atoms with van der Waals surface area (Å²) in [7, 11) is 0. The summed E-state index contributed by atoms with van der Waals surface area (Å²) in [6.45, 7) is 2.52. The number of pyridine rings is 1. The number of aromatic nitrogens is 4. The first-order valence-corrected chi connectivity index (χ1v) is 11.8. The number of rotatable bonds is 6. The highest BCUT2D eigenvalue weighted by molar-refractivity contribution is 8.00. The monoisotopic (exact) mass is 435 g/mol. The lowest BCUT2D eigenvalue weighted by Gasteiger charge is -2.27. The van der Waals surface area contributed by atoms with Gasteiger partial charge in [0.1, 0.15) is 0 Å². The Morgan fingerprint density at radius 3 is 2.73 bits per heavy atom. The first-order valence-electron chi connectivity index (χ1n) is 9.96. The van der Waals surface area contributed by atoms with Crippen molar-refractivity contribution in [2.24, 2.45) is 0 Å². The molecule has 1 aliphatic heterocycles. The summed E-state index contributed by atoms with van der Waals surface area (Å²) in [5.41, 5.74) is 4.21. The molecule has 0 aliphatic carbocycles. The van der Waals surface area contributed by atoms with E-state index in [0.717, 1.165) is 47.3 Å². The number of fused-ring (bicyclic) bond motifs is 2. The van der Waals surface area contributed by atoms with Crippen LogP contribution in [0.4, 0.5) is 0 Å². The Morgan fingerprint density at radius 1 is 1.07 bits per heavy atom. The molecule has 0 radical (unpaired) electrons. The topological polar surface area (TPSA) is 63.4 Å². The average Bonchev–Trinajstić information content (AvgIpc) is 3.21. The molecule has 0 bridgehead atoms. The smallest absolute Gasteiger partial charge is 0.279 e. The van der Waals surface area contributed by atoms with E-state index >= 15 is 0 Å². The maximum atomic E-state index is 13.1. The van der Waals surface area contributed by atoms with Gasteiger partial charge in [0.25, 0.3) is 5.56 Å². The Morgan fingerprint density at radius 2 is 1.90 bits per heavy atom. The maximum Gasteiger partial charge on any atom is 0.279 e. The molecule has 0 spiro atoms. The third-order valence-corrected chi connectivity index (χ3v) is 7.40. The van der Waals surface area contributed by atoms with E-state index in [9.17, 15) is 4.79 Å². The van der Waals surface area contributed by atoms with E-state index in [4.69, 9.17) is 4.98 Å². The molecule has 0 saturated heterocycles. The van der Waals surface area contributed by atoms with E-state index in [1.54, 1.807) is 24.2 Å². The van der Waals surface area contributed by atoms with Crippen molar-refractivity contribution in [2.45, 2.75) is 29.5 Å². The second kappa shape index (κ2) is 8.67. The molecule has 0 N–H and O–H groups in total. The molecule has 6 nitrogen and oxygen atoms in total. The highest BCUT2D eigenvalue weighted by Gasteiger charge is 2.23. The quantitative estimate of drug-likeness (QED) is 0.433. The van der Waals surface area contributed by atoms with Gasteiger partial charge in [-0.25, -0.2) is 4.98 Å². The van der Waals surface area contributed by atoms with Crippen molar-refractivity contribution in [1.82, 2.24) is 24.5 Å². The zero-order chi connectivity index (χ0) is 20.3. The van der Waals surface area contributed by atoms with Crippen LogP contribution in [-0.2, 0) is 25.1 Å². The largest absolute Gasteiger partial charge is 0.298 e. The molecule has 0 amide bonds. The second-order valence-corrected chi connectivity index (χ2v) is 9.49. The molecule has 8 heteroatoms. The molecule has 5 rings (SSSR count). The van der Waals surface area contributed by atoms with E-state index < -0.39 is 0 Å². The minimum atomic E-state index is -0.0218. The first kappa shape index (κ1) is 19.4. The van der Waals surface area contributed by atoms with Gasteiger partial charge in [0, 0.05) is 44.2 Å². The SMILES string of the molecule is O=c1c2c(nc3sc(SCc4ccncc4)nn13)CCN(CCc1ccccc1)C2. The molecule has 0 saturated carbocycles. The van der Waals surface area contributed by atoms with Gasteiger partial charge in [-0.05, 0) is 29.7 Å². The predicted octanol–water partition coefficient (Wildman–Crippen LogP) is 3.44. The van der Waals surface area contributed by atoms with Gasteiger partial charge in [-0.3, -0.25) is 14.7 Å². The summed E-state index contributed by atoms with van der Waals surface area (Å²) in [5.74, 6) is 0.796. The summed E-state index contributed by atoms with van der Waals surface area (Å²) in [6.07, 6.45) is 5.38. The highest BCUT2D eigenvalue weighted by Crippen LogP contribution is 2.27. The van der Waals surface area contributed by atoms with Crippen LogP contribution in [-0.4, -0.2) is 37.6 Å². The van der Waals surface area contributed by atoms with Crippen molar-refractivity contribution in [3.8, 4) is 0 Å². The van der Waals surface area contributed by atoms with Crippen LogP contribution in [0, 0.1) is 0 Å². The van der Waals surface area contributed by atoms with Crippen LogP contribution in [0.15, 0.2) is 64.0 Å². The summed E-state index contributed by atoms with van der Waals surface area (Å²) in [4.78, 5) is 25.0. The fourth-order valence-corrected chi connectivity index (χ4v) is 5.54. The van der Waals surface area contributed by atoms with Crippen molar-refractivity contribution < 1.29 is 0 Å². The lowest BCUT2D eigenvalue weighted by molar-refractivity contribution is 0.253. The van der Waals surface area contributed by atoms with Crippen LogP contribution >= 0.6 is 23.1 Å². The number of hydrogen-bond acceptors (Lipinski definition) is 7. The number of benzene rings is 1. The summed E-state index contributed by atoms with van der Waals surface area (Å²) >= 11 is 3.11. The molecule has 152 valence electrons. The van der Waals surface area contributed by atoms with E-state index in [1.807, 2.05) is 18.2 Å². The molecule has 1 aliphatic rings. The van der Waals surface area contributed by atoms with E-state index in [1.165, 1.54) is 27.0 Å². The van der Waals surface area contributed by atoms with Crippen LogP contribution in [0.25, 0.3) is 4.96 Å². The van der Waals surface area contributed by atoms with Gasteiger partial charge in [0.2, 0.25) is 4.96 Å². The van der Waals surface area contributed by atoms with E-state index in [-0.39, 0.29) is 5.56 Å². The summed E-state index contributed by atoms with van der Waals surface area (Å²) in [6, 6.07) is 14.5. The molecule has 30 heavy (non-hydrogen) atoms. The zero-order valence-electron chi connectivity index (χ0n) is 16.4.